The van der Waals surface area contributed by atoms with Gasteiger partial charge in [0.15, 0.2) is 17.3 Å². The van der Waals surface area contributed by atoms with E-state index in [0.717, 1.165) is 58.9 Å². The molecule has 0 unspecified atom stereocenters. The maximum atomic E-state index is 12.6. The van der Waals surface area contributed by atoms with Crippen molar-refractivity contribution in [1.29, 1.82) is 0 Å². The molecular weight excluding hydrogens is 400 g/mol. The molecule has 2 aromatic carbocycles. The van der Waals surface area contributed by atoms with Gasteiger partial charge in [0.2, 0.25) is 0 Å². The Morgan fingerprint density at radius 1 is 1.23 bits per heavy atom. The van der Waals surface area contributed by atoms with Crippen LogP contribution in [0.1, 0.15) is 5.56 Å². The Labute approximate surface area is 180 Å². The number of carbonyl (C=O) groups is 1. The molecule has 158 valence electrons. The van der Waals surface area contributed by atoms with Crippen molar-refractivity contribution in [2.45, 2.75) is 11.3 Å². The van der Waals surface area contributed by atoms with E-state index in [1.54, 1.807) is 23.9 Å². The molecule has 0 bridgehead atoms. The predicted molar refractivity (Wildman–Crippen MR) is 120 cm³/mol. The Bertz CT molecular complexity index is 1060. The number of methoxy groups -OCH3 is 1. The van der Waals surface area contributed by atoms with E-state index in [-0.39, 0.29) is 11.5 Å². The lowest BCUT2D eigenvalue weighted by Crippen LogP contribution is -2.45. The SMILES string of the molecule is COc1cc(-c2oc3ccc(CC(=O)CN4CCNCC4)cc3c2SC)ccc1O. The van der Waals surface area contributed by atoms with Crippen LogP contribution in [0.3, 0.4) is 0 Å². The van der Waals surface area contributed by atoms with Crippen molar-refractivity contribution in [1.82, 2.24) is 10.2 Å². The summed E-state index contributed by atoms with van der Waals surface area (Å²) in [4.78, 5) is 15.8. The number of rotatable bonds is 7. The largest absolute Gasteiger partial charge is 0.504 e. The van der Waals surface area contributed by atoms with Gasteiger partial charge in [-0.05, 0) is 42.2 Å². The molecule has 3 aromatic rings. The summed E-state index contributed by atoms with van der Waals surface area (Å²) in [7, 11) is 1.52. The molecule has 1 fully saturated rings. The van der Waals surface area contributed by atoms with Gasteiger partial charge in [0.25, 0.3) is 0 Å². The van der Waals surface area contributed by atoms with Crippen LogP contribution >= 0.6 is 11.8 Å². The second kappa shape index (κ2) is 9.12. The molecule has 7 heteroatoms. The zero-order valence-corrected chi connectivity index (χ0v) is 18.1. The highest BCUT2D eigenvalue weighted by Gasteiger charge is 2.19. The maximum Gasteiger partial charge on any atom is 0.161 e. The third kappa shape index (κ3) is 4.33. The summed E-state index contributed by atoms with van der Waals surface area (Å²) < 4.78 is 11.4. The topological polar surface area (TPSA) is 74.9 Å². The number of benzene rings is 2. The third-order valence-corrected chi connectivity index (χ3v) is 6.18. The van der Waals surface area contributed by atoms with E-state index >= 15 is 0 Å². The Morgan fingerprint density at radius 3 is 2.77 bits per heavy atom. The first kappa shape index (κ1) is 20.8. The van der Waals surface area contributed by atoms with E-state index in [2.05, 4.69) is 16.3 Å². The number of phenolic OH excluding ortho intramolecular Hbond substituents is 1. The molecule has 4 rings (SSSR count). The summed E-state index contributed by atoms with van der Waals surface area (Å²) in [6.45, 7) is 4.22. The fraction of sp³-hybridized carbons (Fsp3) is 0.348. The maximum absolute atomic E-state index is 12.6. The lowest BCUT2D eigenvalue weighted by Gasteiger charge is -2.26. The van der Waals surface area contributed by atoms with Crippen LogP contribution in [0.2, 0.25) is 0 Å². The molecule has 0 spiro atoms. The van der Waals surface area contributed by atoms with E-state index in [1.807, 2.05) is 24.5 Å². The van der Waals surface area contributed by atoms with Crippen LogP contribution in [0.25, 0.3) is 22.3 Å². The van der Waals surface area contributed by atoms with Gasteiger partial charge in [-0.25, -0.2) is 0 Å². The van der Waals surface area contributed by atoms with Crippen LogP contribution < -0.4 is 10.1 Å². The number of ether oxygens (including phenoxy) is 1. The zero-order chi connectivity index (χ0) is 21.1. The quantitative estimate of drug-likeness (QED) is 0.560. The van der Waals surface area contributed by atoms with Crippen LogP contribution in [-0.4, -0.2) is 61.9 Å². The van der Waals surface area contributed by atoms with Gasteiger partial charge in [0.05, 0.1) is 18.6 Å². The van der Waals surface area contributed by atoms with Crippen molar-refractivity contribution < 1.29 is 19.1 Å². The number of piperazine rings is 1. The lowest BCUT2D eigenvalue weighted by atomic mass is 10.1. The zero-order valence-electron chi connectivity index (χ0n) is 17.2. The smallest absolute Gasteiger partial charge is 0.161 e. The first-order valence-electron chi connectivity index (χ1n) is 10.0. The van der Waals surface area contributed by atoms with Gasteiger partial charge in [-0.3, -0.25) is 9.69 Å². The molecule has 0 saturated carbocycles. The summed E-state index contributed by atoms with van der Waals surface area (Å²) in [5, 5.41) is 14.2. The summed E-state index contributed by atoms with van der Waals surface area (Å²) in [6.07, 6.45) is 2.43. The molecule has 1 aliphatic heterocycles. The number of carbonyl (C=O) groups excluding carboxylic acids is 1. The Balaban J connectivity index is 1.60. The molecule has 2 heterocycles. The number of ketones is 1. The normalized spacial score (nSPS) is 14.9. The van der Waals surface area contributed by atoms with Gasteiger partial charge in [-0.2, -0.15) is 0 Å². The third-order valence-electron chi connectivity index (χ3n) is 5.36. The molecule has 30 heavy (non-hydrogen) atoms. The number of Topliss-reactive ketones (excluding diaryl/α,β-unsaturated/α-hetero) is 1. The van der Waals surface area contributed by atoms with Crippen LogP contribution in [-0.2, 0) is 11.2 Å². The lowest BCUT2D eigenvalue weighted by molar-refractivity contribution is -0.119. The van der Waals surface area contributed by atoms with Gasteiger partial charge < -0.3 is 19.6 Å². The van der Waals surface area contributed by atoms with Crippen LogP contribution in [0.5, 0.6) is 11.5 Å². The average Bonchev–Trinajstić information content (AvgIpc) is 3.12. The number of phenols is 1. The predicted octanol–water partition coefficient (Wildman–Crippen LogP) is 3.55. The Kier molecular flexibility index (Phi) is 6.32. The molecule has 0 atom stereocenters. The fourth-order valence-electron chi connectivity index (χ4n) is 3.85. The molecule has 1 saturated heterocycles. The van der Waals surface area contributed by atoms with Crippen molar-refractivity contribution >= 4 is 28.5 Å². The number of aromatic hydroxyl groups is 1. The number of hydrogen-bond donors (Lipinski definition) is 2. The molecule has 1 aromatic heterocycles. The van der Waals surface area contributed by atoms with Crippen LogP contribution in [0.15, 0.2) is 45.7 Å². The van der Waals surface area contributed by atoms with Gasteiger partial charge in [-0.1, -0.05) is 6.07 Å². The number of hydrogen-bond acceptors (Lipinski definition) is 7. The molecule has 0 amide bonds. The Hall–Kier alpha value is -2.48. The highest BCUT2D eigenvalue weighted by Crippen LogP contribution is 2.41. The highest BCUT2D eigenvalue weighted by atomic mass is 32.2. The minimum atomic E-state index is 0.0911. The van der Waals surface area contributed by atoms with E-state index in [1.165, 1.54) is 7.11 Å². The first-order chi connectivity index (χ1) is 14.6. The molecule has 0 aliphatic carbocycles. The monoisotopic (exact) mass is 426 g/mol. The first-order valence-corrected chi connectivity index (χ1v) is 11.2. The molecule has 1 aliphatic rings. The van der Waals surface area contributed by atoms with Gasteiger partial charge in [0, 0.05) is 43.5 Å². The number of nitrogens with one attached hydrogen (secondary N) is 1. The fourth-order valence-corrected chi connectivity index (χ4v) is 4.57. The molecule has 6 nitrogen and oxygen atoms in total. The van der Waals surface area contributed by atoms with E-state index in [4.69, 9.17) is 9.15 Å². The van der Waals surface area contributed by atoms with Crippen molar-refractivity contribution in [2.75, 3.05) is 46.1 Å². The number of furan rings is 1. The van der Waals surface area contributed by atoms with Gasteiger partial charge in [-0.15, -0.1) is 11.8 Å². The van der Waals surface area contributed by atoms with Crippen molar-refractivity contribution in [3.05, 3.63) is 42.0 Å². The number of thioether (sulfide) groups is 1. The van der Waals surface area contributed by atoms with Crippen molar-refractivity contribution in [3.8, 4) is 22.8 Å². The van der Waals surface area contributed by atoms with Gasteiger partial charge >= 0.3 is 0 Å². The summed E-state index contributed by atoms with van der Waals surface area (Å²) >= 11 is 1.60. The standard InChI is InChI=1S/C23H26N2O4S/c1-28-21-13-16(4-5-19(21)27)22-23(30-2)18-12-15(3-6-20(18)29-22)11-17(26)14-25-9-7-24-8-10-25/h3-6,12-13,24,27H,7-11,14H2,1-2H3. The second-order valence-electron chi connectivity index (χ2n) is 7.42. The summed E-state index contributed by atoms with van der Waals surface area (Å²) in [5.74, 6) is 1.46. The Morgan fingerprint density at radius 2 is 2.03 bits per heavy atom. The second-order valence-corrected chi connectivity index (χ2v) is 8.24. The minimum absolute atomic E-state index is 0.0911. The summed E-state index contributed by atoms with van der Waals surface area (Å²) in [5.41, 5.74) is 2.61. The summed E-state index contributed by atoms with van der Waals surface area (Å²) in [6, 6.07) is 11.1. The molecule has 0 radical (unpaired) electrons. The molecule has 2 N–H and O–H groups in total. The molecular formula is C23H26N2O4S. The van der Waals surface area contributed by atoms with E-state index in [0.29, 0.717) is 18.7 Å². The van der Waals surface area contributed by atoms with Gasteiger partial charge in [0.1, 0.15) is 11.3 Å². The minimum Gasteiger partial charge on any atom is -0.504 e. The van der Waals surface area contributed by atoms with E-state index in [9.17, 15) is 9.90 Å². The van der Waals surface area contributed by atoms with Crippen molar-refractivity contribution in [2.24, 2.45) is 0 Å². The van der Waals surface area contributed by atoms with Crippen molar-refractivity contribution in [3.63, 3.8) is 0 Å². The van der Waals surface area contributed by atoms with Crippen LogP contribution in [0, 0.1) is 0 Å². The average molecular weight is 427 g/mol. The van der Waals surface area contributed by atoms with Crippen LogP contribution in [0.4, 0.5) is 0 Å². The van der Waals surface area contributed by atoms with E-state index < -0.39 is 0 Å². The highest BCUT2D eigenvalue weighted by molar-refractivity contribution is 7.99. The number of fused-ring (bicyclic) bond motifs is 1. The number of nitrogens with zero attached hydrogens (tertiary/aromatic N) is 1.